The molecule has 2 aromatic rings. The van der Waals surface area contributed by atoms with Crippen molar-refractivity contribution in [2.75, 3.05) is 19.0 Å². The summed E-state index contributed by atoms with van der Waals surface area (Å²) in [5, 5.41) is 0.297. The summed E-state index contributed by atoms with van der Waals surface area (Å²) in [7, 11) is 1.60. The van der Waals surface area contributed by atoms with E-state index in [0.29, 0.717) is 21.0 Å². The van der Waals surface area contributed by atoms with E-state index in [9.17, 15) is 0 Å². The molecule has 0 bridgehead atoms. The first-order chi connectivity index (χ1) is 10.4. The average molecular weight is 392 g/mol. The fourth-order valence-corrected chi connectivity index (χ4v) is 2.16. The number of pyridine rings is 1. The van der Waals surface area contributed by atoms with Gasteiger partial charge in [-0.05, 0) is 46.3 Å². The maximum atomic E-state index is 7.74. The normalized spacial score (nSPS) is 12.7. The molecule has 0 saturated heterocycles. The van der Waals surface area contributed by atoms with Crippen LogP contribution in [0, 0.1) is 3.57 Å². The molecule has 0 aliphatic rings. The monoisotopic (exact) mass is 391 g/mol. The zero-order chi connectivity index (χ0) is 16.3. The number of methoxy groups -OCH3 is 1. The van der Waals surface area contributed by atoms with Crippen molar-refractivity contribution >= 4 is 40.0 Å². The van der Waals surface area contributed by atoms with Crippen LogP contribution in [0.2, 0.25) is 5.02 Å². The predicted molar refractivity (Wildman–Crippen MR) is 87.1 cm³/mol. The summed E-state index contributed by atoms with van der Waals surface area (Å²) in [6.45, 7) is -0.943. The second kappa shape index (κ2) is 6.43. The molecule has 0 amide bonds. The van der Waals surface area contributed by atoms with Crippen molar-refractivity contribution in [3.63, 3.8) is 0 Å². The topological polar surface area (TPSA) is 25.4 Å². The molecule has 3 nitrogen and oxygen atoms in total. The Morgan fingerprint density at radius 3 is 2.84 bits per heavy atom. The van der Waals surface area contributed by atoms with E-state index < -0.39 is 7.00 Å². The van der Waals surface area contributed by atoms with Crippen LogP contribution in [0.4, 0.5) is 5.82 Å². The second-order valence-electron chi connectivity index (χ2n) is 3.83. The van der Waals surface area contributed by atoms with Crippen molar-refractivity contribution in [1.82, 2.24) is 4.98 Å². The largest absolute Gasteiger partial charge is 0.497 e. The molecule has 1 heterocycles. The molecule has 1 aromatic heterocycles. The van der Waals surface area contributed by atoms with Gasteiger partial charge in [-0.1, -0.05) is 23.7 Å². The van der Waals surface area contributed by atoms with Crippen LogP contribution in [-0.2, 0) is 6.54 Å². The molecular formula is C14H14ClIN2O. The van der Waals surface area contributed by atoms with Gasteiger partial charge in [0.15, 0.2) is 0 Å². The summed E-state index contributed by atoms with van der Waals surface area (Å²) in [4.78, 5) is 5.59. The lowest BCUT2D eigenvalue weighted by Gasteiger charge is -2.20. The second-order valence-corrected chi connectivity index (χ2v) is 5.29. The molecule has 1 aromatic carbocycles. The van der Waals surface area contributed by atoms with Crippen LogP contribution >= 0.6 is 34.2 Å². The van der Waals surface area contributed by atoms with Gasteiger partial charge in [-0.25, -0.2) is 4.98 Å². The molecule has 0 radical (unpaired) electrons. The minimum Gasteiger partial charge on any atom is -0.497 e. The Hall–Kier alpha value is -1.01. The molecule has 19 heavy (non-hydrogen) atoms. The van der Waals surface area contributed by atoms with Crippen molar-refractivity contribution in [2.45, 2.75) is 6.54 Å². The van der Waals surface area contributed by atoms with E-state index in [0.717, 1.165) is 11.3 Å². The number of hydrogen-bond donors (Lipinski definition) is 0. The third-order valence-corrected chi connectivity index (χ3v) is 4.08. The number of rotatable bonds is 4. The van der Waals surface area contributed by atoms with Crippen LogP contribution in [0.3, 0.4) is 0 Å². The van der Waals surface area contributed by atoms with Gasteiger partial charge in [-0.15, -0.1) is 0 Å². The van der Waals surface area contributed by atoms with E-state index in [2.05, 4.69) is 4.98 Å². The Morgan fingerprint density at radius 1 is 1.47 bits per heavy atom. The molecule has 0 spiro atoms. The van der Waals surface area contributed by atoms with E-state index >= 15 is 0 Å². The van der Waals surface area contributed by atoms with E-state index in [4.69, 9.17) is 20.5 Å². The Balaban J connectivity index is 2.32. The maximum absolute atomic E-state index is 7.74. The predicted octanol–water partition coefficient (Wildman–Crippen LogP) is 3.98. The number of ether oxygens (including phenoxy) is 1. The van der Waals surface area contributed by atoms with Crippen LogP contribution in [0.15, 0.2) is 36.5 Å². The van der Waals surface area contributed by atoms with Gasteiger partial charge in [0.1, 0.15) is 11.6 Å². The van der Waals surface area contributed by atoms with Gasteiger partial charge in [-0.3, -0.25) is 0 Å². The number of aromatic nitrogens is 1. The summed E-state index contributed by atoms with van der Waals surface area (Å²) in [5.74, 6) is 1.08. The first-order valence-corrected chi connectivity index (χ1v) is 6.94. The minimum atomic E-state index is -1.26. The van der Waals surface area contributed by atoms with Gasteiger partial charge >= 0.3 is 0 Å². The first-order valence-electron chi connectivity index (χ1n) is 7.14. The van der Waals surface area contributed by atoms with Gasteiger partial charge in [0, 0.05) is 26.1 Å². The van der Waals surface area contributed by atoms with Crippen molar-refractivity contribution in [3.05, 3.63) is 50.7 Å². The highest BCUT2D eigenvalue weighted by Crippen LogP contribution is 2.28. The van der Waals surface area contributed by atoms with Gasteiger partial charge in [0.2, 0.25) is 0 Å². The van der Waals surface area contributed by atoms with E-state index in [1.54, 1.807) is 7.11 Å². The Kier molecular flexibility index (Phi) is 3.63. The van der Waals surface area contributed by atoms with Gasteiger partial charge in [0.05, 0.1) is 13.5 Å². The highest BCUT2D eigenvalue weighted by molar-refractivity contribution is 14.1. The van der Waals surface area contributed by atoms with E-state index in [1.807, 2.05) is 46.9 Å². The van der Waals surface area contributed by atoms with Gasteiger partial charge < -0.3 is 9.64 Å². The standard InChI is InChI=1S/C14H14ClIN2O/c1-18(14-13(15)12(16)7-8-17-14)9-10-3-5-11(19-2)6-4-10/h3-8H,9H2,1-2H3/i1D2,7D. The lowest BCUT2D eigenvalue weighted by molar-refractivity contribution is 0.414. The third kappa shape index (κ3) is 3.51. The Bertz CT molecular complexity index is 655. The summed E-state index contributed by atoms with van der Waals surface area (Å²) in [5.41, 5.74) is 0.910. The number of hydrogen-bond acceptors (Lipinski definition) is 3. The lowest BCUT2D eigenvalue weighted by Crippen LogP contribution is -2.18. The zero-order valence-corrected chi connectivity index (χ0v) is 13.1. The molecule has 0 unspecified atom stereocenters. The number of anilines is 1. The van der Waals surface area contributed by atoms with Crippen LogP contribution in [0.5, 0.6) is 5.75 Å². The quantitative estimate of drug-likeness (QED) is 0.737. The van der Waals surface area contributed by atoms with E-state index in [-0.39, 0.29) is 6.04 Å². The number of benzene rings is 1. The maximum Gasteiger partial charge on any atom is 0.148 e. The molecule has 0 N–H and O–H groups in total. The summed E-state index contributed by atoms with van der Waals surface area (Å²) in [6, 6.07) is 7.60. The fourth-order valence-electron chi connectivity index (χ4n) is 1.57. The molecular weight excluding hydrogens is 375 g/mol. The molecule has 0 atom stereocenters. The number of nitrogens with zero attached hydrogens (tertiary/aromatic N) is 2. The fraction of sp³-hybridized carbons (Fsp3) is 0.214. The average Bonchev–Trinajstić information content (AvgIpc) is 2.51. The zero-order valence-electron chi connectivity index (χ0n) is 13.2. The van der Waals surface area contributed by atoms with Gasteiger partial charge in [-0.2, -0.15) is 0 Å². The summed E-state index contributed by atoms with van der Waals surface area (Å²) < 4.78 is 28.8. The molecule has 0 saturated carbocycles. The third-order valence-electron chi connectivity index (χ3n) is 2.55. The molecule has 0 fully saturated rings. The van der Waals surface area contributed by atoms with Crippen LogP contribution in [0.25, 0.3) is 0 Å². The Morgan fingerprint density at radius 2 is 2.21 bits per heavy atom. The molecule has 0 aliphatic heterocycles. The van der Waals surface area contributed by atoms with Crippen molar-refractivity contribution in [3.8, 4) is 5.75 Å². The van der Waals surface area contributed by atoms with Crippen molar-refractivity contribution in [2.24, 2.45) is 0 Å². The highest BCUT2D eigenvalue weighted by Gasteiger charge is 2.10. The summed E-state index contributed by atoms with van der Waals surface area (Å²) >= 11 is 8.20. The van der Waals surface area contributed by atoms with Crippen LogP contribution < -0.4 is 9.64 Å². The van der Waals surface area contributed by atoms with E-state index in [1.165, 1.54) is 11.1 Å². The van der Waals surface area contributed by atoms with Crippen molar-refractivity contribution < 1.29 is 8.85 Å². The van der Waals surface area contributed by atoms with Gasteiger partial charge in [0.25, 0.3) is 0 Å². The molecule has 5 heteroatoms. The lowest BCUT2D eigenvalue weighted by atomic mass is 10.2. The minimum absolute atomic E-state index is 0.227. The highest BCUT2D eigenvalue weighted by atomic mass is 127. The smallest absolute Gasteiger partial charge is 0.148 e. The molecule has 100 valence electrons. The molecule has 0 aliphatic carbocycles. The summed E-state index contributed by atoms with van der Waals surface area (Å²) in [6.07, 6.45) is 1.38. The SMILES string of the molecule is [2H]c1cnc(N(Cc2ccc(OC)cc2)C([2H])[2H])c(Cl)c1I. The van der Waals surface area contributed by atoms with Crippen LogP contribution in [-0.4, -0.2) is 19.1 Å². The first kappa shape index (κ1) is 10.7. The van der Waals surface area contributed by atoms with Crippen molar-refractivity contribution in [1.29, 1.82) is 0 Å². The van der Waals surface area contributed by atoms with Crippen LogP contribution in [0.1, 0.15) is 9.68 Å². The number of halogens is 2. The Labute approximate surface area is 135 Å². The molecule has 2 rings (SSSR count).